The topological polar surface area (TPSA) is 25.8 Å². The molecule has 0 aliphatic rings. The standard InChI is InChI=1S/C8H10Cl2N2S/c1-5-6(3-2-4-13)8(10)12-11-7(5)9/h13H,2-4H2,1H3. The van der Waals surface area contributed by atoms with E-state index in [2.05, 4.69) is 22.8 Å². The SMILES string of the molecule is Cc1c(Cl)nnc(Cl)c1CCCS. The summed E-state index contributed by atoms with van der Waals surface area (Å²) in [6.45, 7) is 1.90. The quantitative estimate of drug-likeness (QED) is 0.818. The summed E-state index contributed by atoms with van der Waals surface area (Å²) in [5.41, 5.74) is 1.90. The lowest BCUT2D eigenvalue weighted by Crippen LogP contribution is -1.98. The first-order valence-electron chi connectivity index (χ1n) is 3.94. The van der Waals surface area contributed by atoms with E-state index in [0.717, 1.165) is 29.7 Å². The molecule has 0 atom stereocenters. The Morgan fingerprint density at radius 3 is 2.46 bits per heavy atom. The maximum atomic E-state index is 5.88. The van der Waals surface area contributed by atoms with Crippen LogP contribution in [0.15, 0.2) is 0 Å². The molecule has 1 aromatic rings. The van der Waals surface area contributed by atoms with Gasteiger partial charge in [0.05, 0.1) is 0 Å². The molecule has 0 radical (unpaired) electrons. The van der Waals surface area contributed by atoms with Gasteiger partial charge in [-0.2, -0.15) is 12.6 Å². The Hall–Kier alpha value is 0.01000. The molecule has 13 heavy (non-hydrogen) atoms. The van der Waals surface area contributed by atoms with Crippen molar-refractivity contribution in [2.45, 2.75) is 19.8 Å². The van der Waals surface area contributed by atoms with Gasteiger partial charge in [-0.1, -0.05) is 23.2 Å². The summed E-state index contributed by atoms with van der Waals surface area (Å²) in [4.78, 5) is 0. The lowest BCUT2D eigenvalue weighted by atomic mass is 10.1. The number of nitrogens with zero attached hydrogens (tertiary/aromatic N) is 2. The van der Waals surface area contributed by atoms with Crippen molar-refractivity contribution in [2.75, 3.05) is 5.75 Å². The molecule has 0 aliphatic carbocycles. The van der Waals surface area contributed by atoms with Gasteiger partial charge in [0.1, 0.15) is 0 Å². The van der Waals surface area contributed by atoms with Crippen LogP contribution in [-0.2, 0) is 6.42 Å². The molecule has 5 heteroatoms. The van der Waals surface area contributed by atoms with Crippen molar-refractivity contribution in [2.24, 2.45) is 0 Å². The second-order valence-electron chi connectivity index (χ2n) is 2.71. The van der Waals surface area contributed by atoms with Crippen molar-refractivity contribution in [3.8, 4) is 0 Å². The van der Waals surface area contributed by atoms with Crippen LogP contribution in [0.3, 0.4) is 0 Å². The van der Waals surface area contributed by atoms with E-state index in [1.54, 1.807) is 0 Å². The van der Waals surface area contributed by atoms with Gasteiger partial charge in [0.25, 0.3) is 0 Å². The Kier molecular flexibility index (Phi) is 4.29. The Bertz CT molecular complexity index is 304. The minimum atomic E-state index is 0.429. The number of aromatic nitrogens is 2. The van der Waals surface area contributed by atoms with Crippen molar-refractivity contribution in [1.29, 1.82) is 0 Å². The highest BCUT2D eigenvalue weighted by molar-refractivity contribution is 7.80. The van der Waals surface area contributed by atoms with Crippen LogP contribution in [0.25, 0.3) is 0 Å². The van der Waals surface area contributed by atoms with Gasteiger partial charge >= 0.3 is 0 Å². The molecule has 0 saturated carbocycles. The predicted molar refractivity (Wildman–Crippen MR) is 59.0 cm³/mol. The van der Waals surface area contributed by atoms with Crippen molar-refractivity contribution >= 4 is 35.8 Å². The summed E-state index contributed by atoms with van der Waals surface area (Å²) in [7, 11) is 0. The summed E-state index contributed by atoms with van der Waals surface area (Å²) in [6, 6.07) is 0. The summed E-state index contributed by atoms with van der Waals surface area (Å²) in [5, 5.41) is 8.34. The van der Waals surface area contributed by atoms with Crippen molar-refractivity contribution in [1.82, 2.24) is 10.2 Å². The molecule has 0 N–H and O–H groups in total. The highest BCUT2D eigenvalue weighted by Gasteiger charge is 2.09. The van der Waals surface area contributed by atoms with Gasteiger partial charge in [0.2, 0.25) is 0 Å². The molecule has 0 aromatic carbocycles. The molecule has 1 aromatic heterocycles. The molecule has 0 spiro atoms. The van der Waals surface area contributed by atoms with Gasteiger partial charge in [0.15, 0.2) is 10.3 Å². The van der Waals surface area contributed by atoms with Crippen molar-refractivity contribution in [3.63, 3.8) is 0 Å². The Morgan fingerprint density at radius 2 is 1.85 bits per heavy atom. The van der Waals surface area contributed by atoms with Crippen LogP contribution in [0.2, 0.25) is 10.3 Å². The normalized spacial score (nSPS) is 10.5. The van der Waals surface area contributed by atoms with Crippen LogP contribution in [0.4, 0.5) is 0 Å². The van der Waals surface area contributed by atoms with Crippen LogP contribution < -0.4 is 0 Å². The zero-order valence-corrected chi connectivity index (χ0v) is 9.63. The maximum Gasteiger partial charge on any atom is 0.155 e. The van der Waals surface area contributed by atoms with Crippen molar-refractivity contribution < 1.29 is 0 Å². The molecule has 0 bridgehead atoms. The van der Waals surface area contributed by atoms with Gasteiger partial charge in [0, 0.05) is 0 Å². The highest BCUT2D eigenvalue weighted by atomic mass is 35.5. The largest absolute Gasteiger partial charge is 0.179 e. The van der Waals surface area contributed by atoms with Gasteiger partial charge < -0.3 is 0 Å². The van der Waals surface area contributed by atoms with E-state index in [0.29, 0.717) is 10.3 Å². The fraction of sp³-hybridized carbons (Fsp3) is 0.500. The van der Waals surface area contributed by atoms with Crippen molar-refractivity contribution in [3.05, 3.63) is 21.4 Å². The molecule has 0 aliphatic heterocycles. The van der Waals surface area contributed by atoms with E-state index in [4.69, 9.17) is 23.2 Å². The fourth-order valence-electron chi connectivity index (χ4n) is 1.05. The molecule has 2 nitrogen and oxygen atoms in total. The highest BCUT2D eigenvalue weighted by Crippen LogP contribution is 2.22. The first-order chi connectivity index (χ1) is 6.16. The third kappa shape index (κ3) is 2.73. The van der Waals surface area contributed by atoms with E-state index in [-0.39, 0.29) is 0 Å². The van der Waals surface area contributed by atoms with Crippen LogP contribution in [-0.4, -0.2) is 16.0 Å². The van der Waals surface area contributed by atoms with Gasteiger partial charge in [-0.3, -0.25) is 0 Å². The molecular formula is C8H10Cl2N2S. The third-order valence-electron chi connectivity index (χ3n) is 1.82. The molecule has 0 saturated heterocycles. The molecule has 72 valence electrons. The average molecular weight is 237 g/mol. The average Bonchev–Trinajstić information content (AvgIpc) is 2.12. The van der Waals surface area contributed by atoms with Crippen LogP contribution in [0.1, 0.15) is 17.5 Å². The summed E-state index contributed by atoms with van der Waals surface area (Å²) in [6.07, 6.45) is 1.81. The molecule has 0 amide bonds. The lowest BCUT2D eigenvalue weighted by Gasteiger charge is -2.06. The predicted octanol–water partition coefficient (Wildman–Crippen LogP) is 2.95. The molecule has 1 rings (SSSR count). The number of halogens is 2. The van der Waals surface area contributed by atoms with Crippen LogP contribution >= 0.6 is 35.8 Å². The zero-order chi connectivity index (χ0) is 9.84. The number of hydrogen-bond donors (Lipinski definition) is 1. The number of hydrogen-bond acceptors (Lipinski definition) is 3. The van der Waals surface area contributed by atoms with E-state index >= 15 is 0 Å². The first-order valence-corrected chi connectivity index (χ1v) is 5.33. The monoisotopic (exact) mass is 236 g/mol. The minimum Gasteiger partial charge on any atom is -0.179 e. The van der Waals surface area contributed by atoms with E-state index in [1.807, 2.05) is 6.92 Å². The van der Waals surface area contributed by atoms with E-state index in [9.17, 15) is 0 Å². The fourth-order valence-corrected chi connectivity index (χ4v) is 1.63. The maximum absolute atomic E-state index is 5.88. The second-order valence-corrected chi connectivity index (χ2v) is 3.88. The van der Waals surface area contributed by atoms with Gasteiger partial charge in [-0.15, -0.1) is 10.2 Å². The zero-order valence-electron chi connectivity index (χ0n) is 7.22. The molecule has 1 heterocycles. The summed E-state index contributed by atoms with van der Waals surface area (Å²) < 4.78 is 0. The molecular weight excluding hydrogens is 227 g/mol. The summed E-state index contributed by atoms with van der Waals surface area (Å²) >= 11 is 15.8. The van der Waals surface area contributed by atoms with E-state index in [1.165, 1.54) is 0 Å². The second kappa shape index (κ2) is 5.03. The van der Waals surface area contributed by atoms with Crippen LogP contribution in [0.5, 0.6) is 0 Å². The molecule has 0 unspecified atom stereocenters. The Balaban J connectivity index is 2.96. The Morgan fingerprint density at radius 1 is 1.23 bits per heavy atom. The minimum absolute atomic E-state index is 0.429. The summed E-state index contributed by atoms with van der Waals surface area (Å²) in [5.74, 6) is 0.829. The van der Waals surface area contributed by atoms with E-state index < -0.39 is 0 Å². The van der Waals surface area contributed by atoms with Crippen LogP contribution in [0, 0.1) is 6.92 Å². The lowest BCUT2D eigenvalue weighted by molar-refractivity contribution is 0.888. The number of thiol groups is 1. The Labute approximate surface area is 93.1 Å². The first kappa shape index (κ1) is 11.1. The van der Waals surface area contributed by atoms with Gasteiger partial charge in [-0.05, 0) is 36.6 Å². The molecule has 0 fully saturated rings. The van der Waals surface area contributed by atoms with Gasteiger partial charge in [-0.25, -0.2) is 0 Å². The smallest absolute Gasteiger partial charge is 0.155 e. The number of rotatable bonds is 3. The third-order valence-corrected chi connectivity index (χ3v) is 2.80.